The molecule has 0 unspecified atom stereocenters. The summed E-state index contributed by atoms with van der Waals surface area (Å²) in [4.78, 5) is 24.2. The molecule has 2 N–H and O–H groups in total. The van der Waals surface area contributed by atoms with E-state index < -0.39 is 5.91 Å². The van der Waals surface area contributed by atoms with Gasteiger partial charge in [0, 0.05) is 21.0 Å². The van der Waals surface area contributed by atoms with Gasteiger partial charge < -0.3 is 14.8 Å². The van der Waals surface area contributed by atoms with Crippen LogP contribution in [-0.2, 0) is 16.0 Å². The lowest BCUT2D eigenvalue weighted by atomic mass is 10.1. The molecule has 0 aliphatic heterocycles. The zero-order chi connectivity index (χ0) is 21.5. The van der Waals surface area contributed by atoms with Crippen LogP contribution in [0.5, 0.6) is 11.5 Å². The van der Waals surface area contributed by atoms with Crippen molar-refractivity contribution in [1.82, 2.24) is 10.7 Å². The Balaban J connectivity index is 1.51. The molecule has 0 atom stereocenters. The largest absolute Gasteiger partial charge is 0.493 e. The van der Waals surface area contributed by atoms with Gasteiger partial charge in [0.1, 0.15) is 0 Å². The number of carbonyl (C=O) groups is 2. The van der Waals surface area contributed by atoms with Crippen molar-refractivity contribution in [2.45, 2.75) is 13.3 Å². The van der Waals surface area contributed by atoms with Crippen LogP contribution < -0.4 is 20.2 Å². The molecule has 2 aromatic carbocycles. The van der Waals surface area contributed by atoms with Crippen molar-refractivity contribution < 1.29 is 19.1 Å². The summed E-state index contributed by atoms with van der Waals surface area (Å²) in [6.45, 7) is 1.68. The van der Waals surface area contributed by atoms with Gasteiger partial charge in [-0.05, 0) is 30.7 Å². The molecule has 0 aliphatic carbocycles. The first-order valence-corrected chi connectivity index (χ1v) is 10.2. The molecule has 8 heteroatoms. The van der Waals surface area contributed by atoms with E-state index in [2.05, 4.69) is 15.8 Å². The van der Waals surface area contributed by atoms with E-state index in [4.69, 9.17) is 9.47 Å². The van der Waals surface area contributed by atoms with Gasteiger partial charge in [-0.25, -0.2) is 5.43 Å². The number of thiophene rings is 1. The van der Waals surface area contributed by atoms with Crippen LogP contribution in [0.3, 0.4) is 0 Å². The first kappa shape index (κ1) is 21.3. The Labute approximate surface area is 178 Å². The topological polar surface area (TPSA) is 89.0 Å². The first-order chi connectivity index (χ1) is 14.5. The zero-order valence-electron chi connectivity index (χ0n) is 17.0. The number of hydrazone groups is 1. The van der Waals surface area contributed by atoms with Crippen LogP contribution in [0.15, 0.2) is 52.9 Å². The Bertz CT molecular complexity index is 1090. The first-order valence-electron chi connectivity index (χ1n) is 9.29. The fraction of sp³-hybridized carbons (Fsp3) is 0.227. The van der Waals surface area contributed by atoms with Crippen molar-refractivity contribution in [3.8, 4) is 11.5 Å². The molecule has 2 amide bonds. The molecule has 0 saturated carbocycles. The molecule has 0 aliphatic rings. The number of fused-ring (bicyclic) bond motifs is 1. The van der Waals surface area contributed by atoms with Crippen LogP contribution in [0.1, 0.15) is 18.1 Å². The molecular weight excluding hydrogens is 402 g/mol. The third-order valence-electron chi connectivity index (χ3n) is 4.48. The van der Waals surface area contributed by atoms with Gasteiger partial charge in [-0.15, -0.1) is 11.3 Å². The van der Waals surface area contributed by atoms with Gasteiger partial charge in [0.25, 0.3) is 5.91 Å². The minimum absolute atomic E-state index is 0.122. The van der Waals surface area contributed by atoms with Gasteiger partial charge in [0.2, 0.25) is 5.91 Å². The van der Waals surface area contributed by atoms with E-state index in [-0.39, 0.29) is 18.9 Å². The summed E-state index contributed by atoms with van der Waals surface area (Å²) >= 11 is 1.63. The number of carbonyl (C=O) groups excluding carboxylic acids is 2. The standard InChI is InChI=1S/C22H23N3O4S/c1-14(17-13-30-20-7-5-4-6-16(17)20)24-25-22(27)12-23-21(26)11-15-8-9-18(28-2)19(10-15)29-3/h4-10,13H,11-12H2,1-3H3,(H,23,26)(H,25,27). The van der Waals surface area contributed by atoms with Crippen LogP contribution in [0, 0.1) is 0 Å². The minimum Gasteiger partial charge on any atom is -0.493 e. The van der Waals surface area contributed by atoms with E-state index in [0.29, 0.717) is 17.2 Å². The smallest absolute Gasteiger partial charge is 0.259 e. The average Bonchev–Trinajstić information content (AvgIpc) is 3.20. The fourth-order valence-electron chi connectivity index (χ4n) is 2.92. The number of nitrogens with zero attached hydrogens (tertiary/aromatic N) is 1. The van der Waals surface area contributed by atoms with E-state index in [1.165, 1.54) is 7.11 Å². The number of ether oxygens (including phenoxy) is 2. The van der Waals surface area contributed by atoms with Crippen LogP contribution in [0.25, 0.3) is 10.1 Å². The summed E-state index contributed by atoms with van der Waals surface area (Å²) in [5, 5.41) is 9.87. The van der Waals surface area contributed by atoms with Gasteiger partial charge >= 0.3 is 0 Å². The highest BCUT2D eigenvalue weighted by Crippen LogP contribution is 2.28. The molecule has 3 aromatic rings. The highest BCUT2D eigenvalue weighted by atomic mass is 32.1. The molecule has 3 rings (SSSR count). The van der Waals surface area contributed by atoms with Gasteiger partial charge in [-0.3, -0.25) is 9.59 Å². The Morgan fingerprint density at radius 2 is 1.80 bits per heavy atom. The molecule has 30 heavy (non-hydrogen) atoms. The molecule has 0 spiro atoms. The Morgan fingerprint density at radius 3 is 2.57 bits per heavy atom. The molecule has 156 valence electrons. The van der Waals surface area contributed by atoms with E-state index in [1.807, 2.05) is 36.6 Å². The van der Waals surface area contributed by atoms with Crippen LogP contribution in [-0.4, -0.2) is 38.3 Å². The SMILES string of the molecule is COc1ccc(CC(=O)NCC(=O)NN=C(C)c2csc3ccccc23)cc1OC. The molecule has 0 saturated heterocycles. The maximum absolute atomic E-state index is 12.1. The monoisotopic (exact) mass is 425 g/mol. The van der Waals surface area contributed by atoms with Crippen molar-refractivity contribution in [2.24, 2.45) is 5.10 Å². The predicted octanol–water partition coefficient (Wildman–Crippen LogP) is 3.12. The number of nitrogens with one attached hydrogen (secondary N) is 2. The lowest BCUT2D eigenvalue weighted by Gasteiger charge is -2.09. The number of rotatable bonds is 8. The lowest BCUT2D eigenvalue weighted by Crippen LogP contribution is -2.36. The number of hydrogen-bond acceptors (Lipinski definition) is 6. The van der Waals surface area contributed by atoms with Crippen LogP contribution in [0.2, 0.25) is 0 Å². The molecule has 0 radical (unpaired) electrons. The summed E-state index contributed by atoms with van der Waals surface area (Å²) in [6.07, 6.45) is 0.122. The fourth-order valence-corrected chi connectivity index (χ4v) is 3.93. The molecule has 0 fully saturated rings. The van der Waals surface area contributed by atoms with Crippen LogP contribution >= 0.6 is 11.3 Å². The van der Waals surface area contributed by atoms with Crippen molar-refractivity contribution in [3.05, 3.63) is 59.0 Å². The maximum Gasteiger partial charge on any atom is 0.259 e. The Morgan fingerprint density at radius 1 is 1.03 bits per heavy atom. The second-order valence-electron chi connectivity index (χ2n) is 6.52. The van der Waals surface area contributed by atoms with Crippen molar-refractivity contribution >= 4 is 38.9 Å². The Kier molecular flexibility index (Phi) is 7.03. The highest BCUT2D eigenvalue weighted by molar-refractivity contribution is 7.17. The zero-order valence-corrected chi connectivity index (χ0v) is 17.8. The maximum atomic E-state index is 12.1. The van der Waals surface area contributed by atoms with Crippen LogP contribution in [0.4, 0.5) is 0 Å². The van der Waals surface area contributed by atoms with Crippen molar-refractivity contribution in [3.63, 3.8) is 0 Å². The predicted molar refractivity (Wildman–Crippen MR) is 118 cm³/mol. The third kappa shape index (κ3) is 5.15. The molecule has 1 heterocycles. The van der Waals surface area contributed by atoms with E-state index in [1.54, 1.807) is 36.6 Å². The minimum atomic E-state index is -0.394. The summed E-state index contributed by atoms with van der Waals surface area (Å²) in [6, 6.07) is 13.3. The van der Waals surface area contributed by atoms with E-state index in [0.717, 1.165) is 21.2 Å². The molecule has 1 aromatic heterocycles. The number of methoxy groups -OCH3 is 2. The summed E-state index contributed by atoms with van der Waals surface area (Å²) in [7, 11) is 3.08. The van der Waals surface area contributed by atoms with Crippen molar-refractivity contribution in [2.75, 3.05) is 20.8 Å². The van der Waals surface area contributed by atoms with Gasteiger partial charge in [0.15, 0.2) is 11.5 Å². The average molecular weight is 426 g/mol. The van der Waals surface area contributed by atoms with E-state index >= 15 is 0 Å². The van der Waals surface area contributed by atoms with Crippen molar-refractivity contribution in [1.29, 1.82) is 0 Å². The molecular formula is C22H23N3O4S. The van der Waals surface area contributed by atoms with E-state index in [9.17, 15) is 9.59 Å². The summed E-state index contributed by atoms with van der Waals surface area (Å²) < 4.78 is 11.6. The number of hydrogen-bond donors (Lipinski definition) is 2. The number of amides is 2. The summed E-state index contributed by atoms with van der Waals surface area (Å²) in [5.41, 5.74) is 4.93. The second kappa shape index (κ2) is 9.89. The lowest BCUT2D eigenvalue weighted by molar-refractivity contribution is -0.125. The quantitative estimate of drug-likeness (QED) is 0.429. The highest BCUT2D eigenvalue weighted by Gasteiger charge is 2.10. The molecule has 7 nitrogen and oxygen atoms in total. The number of benzene rings is 2. The molecule has 0 bridgehead atoms. The van der Waals surface area contributed by atoms with Gasteiger partial charge in [0.05, 0.1) is 32.9 Å². The van der Waals surface area contributed by atoms with Gasteiger partial charge in [-0.2, -0.15) is 5.10 Å². The second-order valence-corrected chi connectivity index (χ2v) is 7.43. The Hall–Kier alpha value is -3.39. The summed E-state index contributed by atoms with van der Waals surface area (Å²) in [5.74, 6) is 0.468. The third-order valence-corrected chi connectivity index (χ3v) is 5.44. The normalized spacial score (nSPS) is 11.2. The van der Waals surface area contributed by atoms with Gasteiger partial charge in [-0.1, -0.05) is 24.3 Å².